The maximum Gasteiger partial charge on any atom is 0.270 e. The Labute approximate surface area is 159 Å². The summed E-state index contributed by atoms with van der Waals surface area (Å²) < 4.78 is 11.1. The topological polar surface area (TPSA) is 143 Å². The molecule has 4 rings (SSSR count). The van der Waals surface area contributed by atoms with Gasteiger partial charge in [0.1, 0.15) is 24.1 Å². The minimum Gasteiger partial charge on any atom is -0.461 e. The third-order valence-electron chi connectivity index (χ3n) is 5.31. The number of non-ortho nitro benzene ring substituents is 1. The zero-order chi connectivity index (χ0) is 20.2. The predicted molar refractivity (Wildman–Crippen MR) is 95.6 cm³/mol. The standard InChI is InChI=1S/C19H19NO8/c1-9-5-11(10-3-2-4-12(6-10)20(25)26)7-13-16(9)28-18-19(13,24)17(23)15(22)14(8-21)27-18/h2-7,14-15,17-18,21-24H,8H2,1H3/t14-,15-,17+,18-,19+/m1/s1. The maximum atomic E-state index is 11.2. The molecule has 9 heteroatoms. The summed E-state index contributed by atoms with van der Waals surface area (Å²) >= 11 is 0. The third kappa shape index (κ3) is 2.60. The molecule has 0 saturated carbocycles. The number of benzene rings is 2. The van der Waals surface area contributed by atoms with Crippen molar-refractivity contribution in [2.75, 3.05) is 6.61 Å². The van der Waals surface area contributed by atoms with Gasteiger partial charge in [-0.1, -0.05) is 12.1 Å². The molecule has 0 aliphatic carbocycles. The number of aryl methyl sites for hydroxylation is 1. The van der Waals surface area contributed by atoms with Crippen LogP contribution in [0, 0.1) is 17.0 Å². The van der Waals surface area contributed by atoms with Gasteiger partial charge in [-0.25, -0.2) is 0 Å². The summed E-state index contributed by atoms with van der Waals surface area (Å²) in [6.07, 6.45) is -5.60. The maximum absolute atomic E-state index is 11.2. The highest BCUT2D eigenvalue weighted by Gasteiger charge is 2.61. The van der Waals surface area contributed by atoms with Crippen molar-refractivity contribution in [1.82, 2.24) is 0 Å². The Morgan fingerprint density at radius 3 is 2.64 bits per heavy atom. The minimum absolute atomic E-state index is 0.0780. The molecular weight excluding hydrogens is 370 g/mol. The van der Waals surface area contributed by atoms with Crippen LogP contribution in [-0.4, -0.2) is 56.6 Å². The zero-order valence-corrected chi connectivity index (χ0v) is 14.8. The van der Waals surface area contributed by atoms with Crippen molar-refractivity contribution in [1.29, 1.82) is 0 Å². The van der Waals surface area contributed by atoms with E-state index in [4.69, 9.17) is 9.47 Å². The molecule has 148 valence electrons. The summed E-state index contributed by atoms with van der Waals surface area (Å²) in [5.41, 5.74) is -0.182. The fraction of sp³-hybridized carbons (Fsp3) is 0.368. The molecule has 1 fully saturated rings. The Bertz CT molecular complexity index is 948. The number of ether oxygens (including phenoxy) is 2. The number of nitrogens with zero attached hydrogens (tertiary/aromatic N) is 1. The van der Waals surface area contributed by atoms with Crippen molar-refractivity contribution in [2.24, 2.45) is 0 Å². The fourth-order valence-electron chi connectivity index (χ4n) is 3.80. The van der Waals surface area contributed by atoms with Crippen molar-refractivity contribution in [3.63, 3.8) is 0 Å². The van der Waals surface area contributed by atoms with Crippen LogP contribution >= 0.6 is 0 Å². The smallest absolute Gasteiger partial charge is 0.270 e. The molecule has 2 aliphatic heterocycles. The highest BCUT2D eigenvalue weighted by atomic mass is 16.7. The Morgan fingerprint density at radius 2 is 1.96 bits per heavy atom. The van der Waals surface area contributed by atoms with Gasteiger partial charge in [-0.2, -0.15) is 0 Å². The van der Waals surface area contributed by atoms with Crippen LogP contribution in [0.1, 0.15) is 11.1 Å². The Balaban J connectivity index is 1.83. The molecule has 1 saturated heterocycles. The van der Waals surface area contributed by atoms with Gasteiger partial charge in [-0.15, -0.1) is 0 Å². The van der Waals surface area contributed by atoms with E-state index in [-0.39, 0.29) is 11.3 Å². The molecule has 0 bridgehead atoms. The lowest BCUT2D eigenvalue weighted by Gasteiger charge is -2.43. The number of rotatable bonds is 3. The van der Waals surface area contributed by atoms with Crippen molar-refractivity contribution >= 4 is 5.69 Å². The summed E-state index contributed by atoms with van der Waals surface area (Å²) in [7, 11) is 0. The number of aliphatic hydroxyl groups is 4. The van der Waals surface area contributed by atoms with Gasteiger partial charge >= 0.3 is 0 Å². The molecule has 2 heterocycles. The minimum atomic E-state index is -2.05. The average molecular weight is 389 g/mol. The van der Waals surface area contributed by atoms with E-state index in [0.717, 1.165) is 0 Å². The molecule has 9 nitrogen and oxygen atoms in total. The lowest BCUT2D eigenvalue weighted by Crippen LogP contribution is -2.64. The van der Waals surface area contributed by atoms with Crippen LogP contribution in [0.3, 0.4) is 0 Å². The van der Waals surface area contributed by atoms with Gasteiger partial charge in [0, 0.05) is 17.7 Å². The monoisotopic (exact) mass is 389 g/mol. The molecule has 28 heavy (non-hydrogen) atoms. The Morgan fingerprint density at radius 1 is 1.21 bits per heavy atom. The second kappa shape index (κ2) is 6.50. The van der Waals surface area contributed by atoms with Crippen molar-refractivity contribution < 1.29 is 34.8 Å². The first-order chi connectivity index (χ1) is 13.3. The van der Waals surface area contributed by atoms with Gasteiger partial charge in [-0.3, -0.25) is 10.1 Å². The highest BCUT2D eigenvalue weighted by Crippen LogP contribution is 2.50. The van der Waals surface area contributed by atoms with Crippen LogP contribution in [0.25, 0.3) is 11.1 Å². The van der Waals surface area contributed by atoms with Gasteiger partial charge < -0.3 is 29.9 Å². The molecule has 4 N–H and O–H groups in total. The Kier molecular flexibility index (Phi) is 4.36. The second-order valence-corrected chi connectivity index (χ2v) is 7.04. The summed E-state index contributed by atoms with van der Waals surface area (Å²) in [4.78, 5) is 10.6. The van der Waals surface area contributed by atoms with E-state index >= 15 is 0 Å². The molecule has 2 aromatic rings. The van der Waals surface area contributed by atoms with E-state index in [2.05, 4.69) is 0 Å². The van der Waals surface area contributed by atoms with Gasteiger partial charge in [0.05, 0.1) is 11.5 Å². The van der Waals surface area contributed by atoms with Crippen LogP contribution in [0.15, 0.2) is 36.4 Å². The summed E-state index contributed by atoms with van der Waals surface area (Å²) in [5.74, 6) is 0.298. The molecule has 2 aliphatic rings. The molecule has 5 atom stereocenters. The largest absolute Gasteiger partial charge is 0.461 e. The van der Waals surface area contributed by atoms with Gasteiger partial charge in [-0.05, 0) is 35.7 Å². The first-order valence-corrected chi connectivity index (χ1v) is 8.68. The number of aliphatic hydroxyl groups excluding tert-OH is 3. The Hall–Kier alpha value is -2.56. The van der Waals surface area contributed by atoms with Crippen LogP contribution < -0.4 is 4.74 Å². The van der Waals surface area contributed by atoms with E-state index in [1.54, 1.807) is 31.2 Å². The van der Waals surface area contributed by atoms with E-state index < -0.39 is 41.7 Å². The zero-order valence-electron chi connectivity index (χ0n) is 14.8. The van der Waals surface area contributed by atoms with Gasteiger partial charge in [0.25, 0.3) is 5.69 Å². The van der Waals surface area contributed by atoms with Crippen LogP contribution in [-0.2, 0) is 10.3 Å². The average Bonchev–Trinajstić information content (AvgIpc) is 2.98. The fourth-order valence-corrected chi connectivity index (χ4v) is 3.80. The second-order valence-electron chi connectivity index (χ2n) is 7.04. The van der Waals surface area contributed by atoms with Crippen LogP contribution in [0.5, 0.6) is 5.75 Å². The van der Waals surface area contributed by atoms with E-state index in [1.807, 2.05) is 0 Å². The number of nitro benzene ring substituents is 1. The molecule has 0 aromatic heterocycles. The summed E-state index contributed by atoms with van der Waals surface area (Å²) in [6.45, 7) is 1.18. The lowest BCUT2D eigenvalue weighted by molar-refractivity contribution is -0.384. The quantitative estimate of drug-likeness (QED) is 0.441. The van der Waals surface area contributed by atoms with Crippen LogP contribution in [0.2, 0.25) is 0 Å². The number of fused-ring (bicyclic) bond motifs is 3. The summed E-state index contributed by atoms with van der Waals surface area (Å²) in [5, 5.41) is 52.4. The predicted octanol–water partition coefficient (Wildman–Crippen LogP) is 0.589. The first-order valence-electron chi connectivity index (χ1n) is 8.68. The van der Waals surface area contributed by atoms with Crippen molar-refractivity contribution in [2.45, 2.75) is 37.1 Å². The first kappa shape index (κ1) is 18.8. The van der Waals surface area contributed by atoms with Crippen LogP contribution in [0.4, 0.5) is 5.69 Å². The van der Waals surface area contributed by atoms with E-state index in [1.165, 1.54) is 12.1 Å². The molecular formula is C19H19NO8. The van der Waals surface area contributed by atoms with E-state index in [0.29, 0.717) is 22.4 Å². The third-order valence-corrected chi connectivity index (χ3v) is 5.31. The molecule has 2 aromatic carbocycles. The van der Waals surface area contributed by atoms with E-state index in [9.17, 15) is 30.5 Å². The highest BCUT2D eigenvalue weighted by molar-refractivity contribution is 5.71. The SMILES string of the molecule is Cc1cc(-c2cccc([N+](=O)[O-])c2)cc2c1O[C@H]1O[C@H](CO)[C@@H](O)[C@H](O)[C@@]21O. The van der Waals surface area contributed by atoms with Gasteiger partial charge in [0.2, 0.25) is 6.29 Å². The number of nitro groups is 1. The van der Waals surface area contributed by atoms with Gasteiger partial charge in [0.15, 0.2) is 5.60 Å². The number of hydrogen-bond donors (Lipinski definition) is 4. The molecule has 0 radical (unpaired) electrons. The molecule has 0 amide bonds. The summed E-state index contributed by atoms with van der Waals surface area (Å²) in [6, 6.07) is 9.32. The lowest BCUT2D eigenvalue weighted by atomic mass is 9.80. The molecule has 0 unspecified atom stereocenters. The number of hydrogen-bond acceptors (Lipinski definition) is 8. The van der Waals surface area contributed by atoms with Crippen molar-refractivity contribution in [3.8, 4) is 16.9 Å². The molecule has 0 spiro atoms. The normalized spacial score (nSPS) is 31.0. The van der Waals surface area contributed by atoms with Crippen molar-refractivity contribution in [3.05, 3.63) is 57.6 Å².